The van der Waals surface area contributed by atoms with Crippen LogP contribution in [0.15, 0.2) is 91.5 Å². The number of nitrogens with one attached hydrogen (secondary N) is 2. The fourth-order valence-corrected chi connectivity index (χ4v) is 15.1. The molecule has 11 N–H and O–H groups in total. The van der Waals surface area contributed by atoms with Crippen LogP contribution in [-0.4, -0.2) is 139 Å². The summed E-state index contributed by atoms with van der Waals surface area (Å²) in [5, 5.41) is 39.6. The number of thioether (sulfide) groups is 2. The molecule has 7 unspecified atom stereocenters. The zero-order valence-electron chi connectivity index (χ0n) is 48.2. The van der Waals surface area contributed by atoms with Gasteiger partial charge in [-0.15, -0.1) is 0 Å². The maximum atomic E-state index is 13.4. The molecule has 1 aliphatic carbocycles. The normalized spacial score (nSPS) is 20.0. The maximum Gasteiger partial charge on any atom is 0.481 e. The van der Waals surface area contributed by atoms with Crippen LogP contribution in [0.3, 0.4) is 0 Å². The van der Waals surface area contributed by atoms with Crippen molar-refractivity contribution in [2.75, 3.05) is 43.5 Å². The first-order valence-corrected chi connectivity index (χ1v) is 34.6. The number of aromatic nitrogens is 5. The van der Waals surface area contributed by atoms with E-state index < -0.39 is 90.2 Å². The van der Waals surface area contributed by atoms with Crippen molar-refractivity contribution in [2.24, 2.45) is 10.8 Å². The Labute approximate surface area is 520 Å². The Morgan fingerprint density at radius 3 is 2.41 bits per heavy atom. The molecular formula is C56H70ClN8O18P3S2. The molecule has 1 saturated heterocycles. The van der Waals surface area contributed by atoms with Gasteiger partial charge in [0.25, 0.3) is 0 Å². The van der Waals surface area contributed by atoms with Crippen LogP contribution in [0.4, 0.5) is 5.82 Å². The van der Waals surface area contributed by atoms with E-state index in [-0.39, 0.29) is 52.3 Å². The number of nitrogens with two attached hydrogens (primary N) is 1. The van der Waals surface area contributed by atoms with Crippen LogP contribution in [0.25, 0.3) is 34.2 Å². The summed E-state index contributed by atoms with van der Waals surface area (Å²) in [6.45, 7) is 3.97. The number of benzene rings is 3. The van der Waals surface area contributed by atoms with Gasteiger partial charge in [-0.3, -0.25) is 32.5 Å². The minimum absolute atomic E-state index is 0.0108. The second kappa shape index (κ2) is 29.1. The molecule has 0 bridgehead atoms. The van der Waals surface area contributed by atoms with Crippen LogP contribution in [-0.2, 0) is 62.7 Å². The van der Waals surface area contributed by atoms with E-state index in [0.717, 1.165) is 99.3 Å². The number of phosphoric acid groups is 3. The van der Waals surface area contributed by atoms with Crippen molar-refractivity contribution in [3.05, 3.63) is 124 Å². The van der Waals surface area contributed by atoms with Crippen molar-refractivity contribution in [1.82, 2.24) is 35.1 Å². The number of ether oxygens (including phenoxy) is 1. The zero-order valence-corrected chi connectivity index (χ0v) is 53.3. The van der Waals surface area contributed by atoms with Crippen LogP contribution in [0.2, 0.25) is 5.02 Å². The number of pyridine rings is 1. The first-order chi connectivity index (χ1) is 41.4. The molecule has 3 aromatic heterocycles. The number of carbonyl (C=O) groups is 3. The minimum Gasteiger partial charge on any atom is -0.386 e. The van der Waals surface area contributed by atoms with Gasteiger partial charge in [0, 0.05) is 52.8 Å². The van der Waals surface area contributed by atoms with Gasteiger partial charge >= 0.3 is 23.5 Å². The van der Waals surface area contributed by atoms with Crippen molar-refractivity contribution in [1.29, 1.82) is 0 Å². The van der Waals surface area contributed by atoms with E-state index in [2.05, 4.69) is 54.2 Å². The van der Waals surface area contributed by atoms with Gasteiger partial charge in [0.05, 0.1) is 36.4 Å². The molecule has 8 rings (SSSR count). The third-order valence-corrected chi connectivity index (χ3v) is 20.5. The van der Waals surface area contributed by atoms with E-state index in [4.69, 9.17) is 40.6 Å². The monoisotopic (exact) mass is 1330 g/mol. The third-order valence-electron chi connectivity index (χ3n) is 14.6. The molecule has 476 valence electrons. The molecule has 1 saturated carbocycles. The van der Waals surface area contributed by atoms with E-state index in [1.165, 1.54) is 13.8 Å². The number of halogens is 1. The van der Waals surface area contributed by atoms with E-state index in [0.29, 0.717) is 17.2 Å². The highest BCUT2D eigenvalue weighted by Crippen LogP contribution is 2.61. The molecule has 26 nitrogen and oxygen atoms in total. The van der Waals surface area contributed by atoms with E-state index in [1.807, 2.05) is 78.5 Å². The lowest BCUT2D eigenvalue weighted by atomic mass is 9.87. The Hall–Kier alpha value is -5.03. The number of anilines is 1. The van der Waals surface area contributed by atoms with E-state index >= 15 is 0 Å². The smallest absolute Gasteiger partial charge is 0.386 e. The highest BCUT2D eigenvalue weighted by Gasteiger charge is 2.51. The number of amides is 2. The van der Waals surface area contributed by atoms with E-state index in [9.17, 15) is 63.0 Å². The molecule has 1 aliphatic heterocycles. The lowest BCUT2D eigenvalue weighted by molar-refractivity contribution is -0.137. The molecule has 2 fully saturated rings. The second-order valence-electron chi connectivity index (χ2n) is 22.6. The Bertz CT molecular complexity index is 3660. The summed E-state index contributed by atoms with van der Waals surface area (Å²) < 4.78 is 63.0. The summed E-state index contributed by atoms with van der Waals surface area (Å²) in [6, 6.07) is 26.0. The van der Waals surface area contributed by atoms with Crippen molar-refractivity contribution < 1.29 is 85.6 Å². The highest BCUT2D eigenvalue weighted by atomic mass is 35.5. The molecular weight excluding hydrogens is 1270 g/mol. The Morgan fingerprint density at radius 2 is 1.67 bits per heavy atom. The van der Waals surface area contributed by atoms with Gasteiger partial charge in [-0.2, -0.15) is 16.1 Å². The van der Waals surface area contributed by atoms with Gasteiger partial charge in [0.1, 0.15) is 36.3 Å². The number of aryl methyl sites for hydroxylation is 1. The van der Waals surface area contributed by atoms with Crippen LogP contribution in [0.1, 0.15) is 99.2 Å². The molecule has 0 radical (unpaired) electrons. The van der Waals surface area contributed by atoms with Gasteiger partial charge in [0.15, 0.2) is 22.8 Å². The van der Waals surface area contributed by atoms with Gasteiger partial charge in [-0.25, -0.2) is 33.6 Å². The predicted octanol–water partition coefficient (Wildman–Crippen LogP) is 7.54. The third kappa shape index (κ3) is 19.3. The maximum absolute atomic E-state index is 13.4. The van der Waals surface area contributed by atoms with Gasteiger partial charge in [-0.1, -0.05) is 104 Å². The highest BCUT2D eigenvalue weighted by molar-refractivity contribution is 8.13. The molecule has 0 spiro atoms. The number of carbonyl (C=O) groups excluding carboxylic acids is 3. The lowest BCUT2D eigenvalue weighted by Crippen LogP contribution is -2.46. The van der Waals surface area contributed by atoms with Crippen LogP contribution in [0, 0.1) is 10.8 Å². The molecule has 2 aliphatic rings. The fourth-order valence-electron chi connectivity index (χ4n) is 9.69. The first kappa shape index (κ1) is 68.9. The Morgan fingerprint density at radius 1 is 0.932 bits per heavy atom. The number of nitrogens with zero attached hydrogens (tertiary/aromatic N) is 5. The number of fused-ring (bicyclic) bond motifs is 2. The number of hydrogen-bond acceptors (Lipinski definition) is 21. The van der Waals surface area contributed by atoms with Crippen LogP contribution < -0.4 is 16.4 Å². The Balaban J connectivity index is 0.754. The average Bonchev–Trinajstić information content (AvgIpc) is 2.22. The molecule has 4 heterocycles. The number of phosphoric ester groups is 3. The Kier molecular flexibility index (Phi) is 22.7. The van der Waals surface area contributed by atoms with Crippen molar-refractivity contribution in [3.63, 3.8) is 0 Å². The molecule has 88 heavy (non-hydrogen) atoms. The number of rotatable bonds is 31. The van der Waals surface area contributed by atoms with Gasteiger partial charge < -0.3 is 56.0 Å². The summed E-state index contributed by atoms with van der Waals surface area (Å²) in [5.74, 6) is -0.419. The molecule has 32 heteroatoms. The summed E-state index contributed by atoms with van der Waals surface area (Å²) in [5.41, 5.74) is 8.81. The summed E-state index contributed by atoms with van der Waals surface area (Å²) in [4.78, 5) is 95.4. The quantitative estimate of drug-likeness (QED) is 0.0148. The van der Waals surface area contributed by atoms with Gasteiger partial charge in [0.2, 0.25) is 11.8 Å². The first-order valence-electron chi connectivity index (χ1n) is 27.7. The topological polar surface area (TPSA) is 397 Å². The molecule has 3 aromatic carbocycles. The van der Waals surface area contributed by atoms with Gasteiger partial charge in [-0.05, 0) is 97.2 Å². The number of nitrogen functional groups attached to an aromatic ring is 1. The molecule has 2 amide bonds. The number of imidazole rings is 1. The van der Waals surface area contributed by atoms with E-state index in [1.54, 1.807) is 13.8 Å². The predicted molar refractivity (Wildman–Crippen MR) is 331 cm³/mol. The summed E-state index contributed by atoms with van der Waals surface area (Å²) >= 11 is 9.21. The number of hydrogen-bond donors (Lipinski definition) is 10. The van der Waals surface area contributed by atoms with Crippen molar-refractivity contribution in [2.45, 2.75) is 108 Å². The van der Waals surface area contributed by atoms with Crippen LogP contribution in [0.5, 0.6) is 0 Å². The summed E-state index contributed by atoms with van der Waals surface area (Å²) in [6.07, 6.45) is 0.680. The van der Waals surface area contributed by atoms with Crippen molar-refractivity contribution in [3.8, 4) is 0 Å². The minimum atomic E-state index is -5.62. The second-order valence-corrected chi connectivity index (χ2v) is 29.6. The standard InChI is InChI=1S/C56H70ClN8O18P3S2/c1-54(2,30-80-86(77,78)83-85(75,76)79-29-42-48(82-84(72,73)74)47(68)53(81-42)65-33-63-46-50(58)61-32-62-51(46)65)49(69)52(70)60-23-20-44(66)59-24-25-87-45(67)28-56(21-22-56)31-88-43(19-15-35-9-5-6-11-40(35)55(3,4)71)37-10-7-8-34(26-37)12-17-39-18-14-36-13-16-38(57)27-41(36)64-39/h5-14,16-18,26-27,32-33,42-43,47-49,53,68-69,71H,15,19-25,28-31H2,1-4H3,(H,59,66)(H,60,70)(H,75,76)(H,77,78)(H2,58,61,62)(H2,72,73,74)/b17-12+/t42?,43-,47?,48?,49?,53?/m1/s1. The van der Waals surface area contributed by atoms with Crippen LogP contribution >= 0.6 is 58.6 Å². The largest absolute Gasteiger partial charge is 0.481 e. The molecule has 6 aromatic rings. The SMILES string of the molecule is CC(C)(O)c1ccccc1CC[C@@H](SCC1(CC(=O)SCCNC(=O)CCNC(=O)C(O)C(C)(C)COP(=O)(O)OP(=O)(O)OCC2OC(n3cnc4c(N)ncnc43)C(O)C2OP(=O)(O)O)CC1)c1cccc(/C=C/c2ccc3ccc(Cl)cc3n2)c1. The summed E-state index contributed by atoms with van der Waals surface area (Å²) in [7, 11) is -16.5. The fraction of sp³-hybridized carbons (Fsp3) is 0.446. The van der Waals surface area contributed by atoms with Crippen molar-refractivity contribution >= 4 is 116 Å². The average molecular weight is 1340 g/mol. The zero-order chi connectivity index (χ0) is 63.8. The molecule has 8 atom stereocenters. The number of aliphatic hydroxyl groups is 3. The lowest BCUT2D eigenvalue weighted by Gasteiger charge is -2.30. The number of aliphatic hydroxyl groups excluding tert-OH is 2.